The lowest BCUT2D eigenvalue weighted by Gasteiger charge is -2.31. The average molecular weight is 306 g/mol. The highest BCUT2D eigenvalue weighted by atomic mass is 16.6. The number of hydrogen-bond donors (Lipinski definition) is 2. The standard InChI is InChI=1S/C16H23N3O3/c1-3-22-16(21)19-10-8-18(9-11-19)12-15(20)17-14-7-5-4-6-13(14)2/h4-7H,3,8-12H2,1-2H3,(H,17,20)/p+1. The lowest BCUT2D eigenvalue weighted by atomic mass is 10.2. The second-order valence-corrected chi connectivity index (χ2v) is 5.48. The first-order valence-electron chi connectivity index (χ1n) is 7.71. The summed E-state index contributed by atoms with van der Waals surface area (Å²) in [5, 5.41) is 2.95. The van der Waals surface area contributed by atoms with Crippen LogP contribution in [0, 0.1) is 6.92 Å². The summed E-state index contributed by atoms with van der Waals surface area (Å²) in [4.78, 5) is 26.6. The molecule has 0 saturated carbocycles. The van der Waals surface area contributed by atoms with Crippen molar-refractivity contribution in [2.24, 2.45) is 0 Å². The van der Waals surface area contributed by atoms with Gasteiger partial charge in [0, 0.05) is 5.69 Å². The number of amides is 2. The van der Waals surface area contributed by atoms with E-state index in [1.54, 1.807) is 11.8 Å². The molecule has 6 heteroatoms. The molecule has 1 heterocycles. The molecule has 2 rings (SSSR count). The number of ether oxygens (including phenoxy) is 1. The van der Waals surface area contributed by atoms with Gasteiger partial charge in [0.05, 0.1) is 32.8 Å². The number of nitrogens with zero attached hydrogens (tertiary/aromatic N) is 1. The molecule has 0 spiro atoms. The number of anilines is 1. The minimum atomic E-state index is -0.258. The summed E-state index contributed by atoms with van der Waals surface area (Å²) in [6, 6.07) is 7.74. The smallest absolute Gasteiger partial charge is 0.410 e. The third-order valence-corrected chi connectivity index (χ3v) is 3.83. The Kier molecular flexibility index (Phi) is 5.77. The van der Waals surface area contributed by atoms with Crippen LogP contribution in [0.25, 0.3) is 0 Å². The van der Waals surface area contributed by atoms with Gasteiger partial charge >= 0.3 is 6.09 Å². The number of piperazine rings is 1. The summed E-state index contributed by atoms with van der Waals surface area (Å²) in [6.45, 7) is 7.38. The van der Waals surface area contributed by atoms with Crippen LogP contribution < -0.4 is 10.2 Å². The van der Waals surface area contributed by atoms with Gasteiger partial charge in [-0.1, -0.05) is 18.2 Å². The first-order valence-corrected chi connectivity index (χ1v) is 7.71. The predicted molar refractivity (Wildman–Crippen MR) is 84.0 cm³/mol. The van der Waals surface area contributed by atoms with Crippen molar-refractivity contribution in [2.45, 2.75) is 13.8 Å². The van der Waals surface area contributed by atoms with Crippen LogP contribution in [0.5, 0.6) is 0 Å². The Hall–Kier alpha value is -2.08. The zero-order valence-electron chi connectivity index (χ0n) is 13.2. The molecule has 0 radical (unpaired) electrons. The van der Waals surface area contributed by atoms with Crippen molar-refractivity contribution in [1.29, 1.82) is 0 Å². The molecule has 0 atom stereocenters. The lowest BCUT2D eigenvalue weighted by molar-refractivity contribution is -0.895. The highest BCUT2D eigenvalue weighted by molar-refractivity contribution is 5.92. The SMILES string of the molecule is CCOC(=O)N1CC[NH+](CC(=O)Nc2ccccc2C)CC1. The molecule has 0 aliphatic carbocycles. The minimum absolute atomic E-state index is 0.00823. The molecule has 0 aromatic heterocycles. The number of carbonyl (C=O) groups excluding carboxylic acids is 2. The first-order chi connectivity index (χ1) is 10.6. The third-order valence-electron chi connectivity index (χ3n) is 3.83. The van der Waals surface area contributed by atoms with Crippen molar-refractivity contribution in [1.82, 2.24) is 4.90 Å². The number of aryl methyl sites for hydroxylation is 1. The Balaban J connectivity index is 1.77. The van der Waals surface area contributed by atoms with E-state index < -0.39 is 0 Å². The zero-order valence-corrected chi connectivity index (χ0v) is 13.2. The quantitative estimate of drug-likeness (QED) is 0.840. The molecular weight excluding hydrogens is 282 g/mol. The number of hydrogen-bond acceptors (Lipinski definition) is 3. The normalized spacial score (nSPS) is 15.5. The van der Waals surface area contributed by atoms with Crippen molar-refractivity contribution >= 4 is 17.7 Å². The van der Waals surface area contributed by atoms with Gasteiger partial charge in [-0.25, -0.2) is 4.79 Å². The predicted octanol–water partition coefficient (Wildman–Crippen LogP) is 0.291. The maximum absolute atomic E-state index is 12.1. The third kappa shape index (κ3) is 4.46. The van der Waals surface area contributed by atoms with E-state index >= 15 is 0 Å². The van der Waals surface area contributed by atoms with E-state index in [9.17, 15) is 9.59 Å². The molecule has 1 aromatic rings. The van der Waals surface area contributed by atoms with Crippen LogP contribution in [0.1, 0.15) is 12.5 Å². The summed E-state index contributed by atoms with van der Waals surface area (Å²) in [7, 11) is 0. The van der Waals surface area contributed by atoms with Gasteiger partial charge in [-0.15, -0.1) is 0 Å². The number of quaternary nitrogens is 1. The molecule has 1 aromatic carbocycles. The van der Waals surface area contributed by atoms with E-state index in [4.69, 9.17) is 4.74 Å². The monoisotopic (exact) mass is 306 g/mol. The van der Waals surface area contributed by atoms with Gasteiger partial charge in [0.25, 0.3) is 5.91 Å². The summed E-state index contributed by atoms with van der Waals surface area (Å²) in [6.07, 6.45) is -0.258. The van der Waals surface area contributed by atoms with Crippen molar-refractivity contribution in [2.75, 3.05) is 44.6 Å². The van der Waals surface area contributed by atoms with Gasteiger partial charge in [0.1, 0.15) is 0 Å². The second-order valence-electron chi connectivity index (χ2n) is 5.48. The van der Waals surface area contributed by atoms with Crippen molar-refractivity contribution < 1.29 is 19.2 Å². The molecule has 2 amide bonds. The van der Waals surface area contributed by atoms with E-state index in [1.807, 2.05) is 31.2 Å². The number of carbonyl (C=O) groups is 2. The molecule has 6 nitrogen and oxygen atoms in total. The number of benzene rings is 1. The zero-order chi connectivity index (χ0) is 15.9. The summed E-state index contributed by atoms with van der Waals surface area (Å²) in [5.74, 6) is 0.00823. The lowest BCUT2D eigenvalue weighted by Crippen LogP contribution is -3.15. The van der Waals surface area contributed by atoms with Crippen LogP contribution in [-0.2, 0) is 9.53 Å². The number of nitrogens with one attached hydrogen (secondary N) is 2. The van der Waals surface area contributed by atoms with Crippen LogP contribution in [-0.4, -0.2) is 56.2 Å². The van der Waals surface area contributed by atoms with Crippen LogP contribution >= 0.6 is 0 Å². The number of para-hydroxylation sites is 1. The Bertz CT molecular complexity index is 525. The van der Waals surface area contributed by atoms with Crippen molar-refractivity contribution in [3.8, 4) is 0 Å². The van der Waals surface area contributed by atoms with Gasteiger partial charge in [-0.05, 0) is 25.5 Å². The molecule has 1 fully saturated rings. The topological polar surface area (TPSA) is 63.1 Å². The van der Waals surface area contributed by atoms with Gasteiger partial charge in [-0.3, -0.25) is 9.69 Å². The molecule has 1 aliphatic rings. The van der Waals surface area contributed by atoms with E-state index in [0.29, 0.717) is 26.2 Å². The van der Waals surface area contributed by atoms with E-state index in [0.717, 1.165) is 24.3 Å². The highest BCUT2D eigenvalue weighted by Crippen LogP contribution is 2.12. The Morgan fingerprint density at radius 1 is 1.27 bits per heavy atom. The molecular formula is C16H24N3O3+. The van der Waals surface area contributed by atoms with Gasteiger partial charge in [0.15, 0.2) is 6.54 Å². The second kappa shape index (κ2) is 7.79. The fourth-order valence-corrected chi connectivity index (χ4v) is 2.53. The Morgan fingerprint density at radius 2 is 1.95 bits per heavy atom. The fraction of sp³-hybridized carbons (Fsp3) is 0.500. The summed E-state index contributed by atoms with van der Waals surface area (Å²) >= 11 is 0. The van der Waals surface area contributed by atoms with E-state index in [2.05, 4.69) is 5.32 Å². The largest absolute Gasteiger partial charge is 0.450 e. The molecule has 2 N–H and O–H groups in total. The van der Waals surface area contributed by atoms with Gasteiger partial charge in [-0.2, -0.15) is 0 Å². The van der Waals surface area contributed by atoms with Crippen LogP contribution in [0.4, 0.5) is 10.5 Å². The Labute approximate surface area is 131 Å². The number of rotatable bonds is 4. The molecule has 1 aliphatic heterocycles. The summed E-state index contributed by atoms with van der Waals surface area (Å²) in [5.41, 5.74) is 1.91. The maximum atomic E-state index is 12.1. The molecule has 1 saturated heterocycles. The molecule has 0 unspecified atom stereocenters. The maximum Gasteiger partial charge on any atom is 0.410 e. The summed E-state index contributed by atoms with van der Waals surface area (Å²) < 4.78 is 4.99. The fourth-order valence-electron chi connectivity index (χ4n) is 2.53. The highest BCUT2D eigenvalue weighted by Gasteiger charge is 2.25. The Morgan fingerprint density at radius 3 is 2.59 bits per heavy atom. The average Bonchev–Trinajstić information content (AvgIpc) is 2.50. The van der Waals surface area contributed by atoms with Crippen LogP contribution in [0.3, 0.4) is 0 Å². The van der Waals surface area contributed by atoms with Crippen LogP contribution in [0.2, 0.25) is 0 Å². The minimum Gasteiger partial charge on any atom is -0.450 e. The van der Waals surface area contributed by atoms with E-state index in [1.165, 1.54) is 4.90 Å². The van der Waals surface area contributed by atoms with Crippen molar-refractivity contribution in [3.05, 3.63) is 29.8 Å². The van der Waals surface area contributed by atoms with Crippen molar-refractivity contribution in [3.63, 3.8) is 0 Å². The van der Waals surface area contributed by atoms with Gasteiger partial charge < -0.3 is 15.0 Å². The molecule has 120 valence electrons. The molecule has 0 bridgehead atoms. The van der Waals surface area contributed by atoms with Crippen LogP contribution in [0.15, 0.2) is 24.3 Å². The first kappa shape index (κ1) is 16.3. The van der Waals surface area contributed by atoms with E-state index in [-0.39, 0.29) is 12.0 Å². The van der Waals surface area contributed by atoms with Gasteiger partial charge in [0.2, 0.25) is 0 Å². The molecule has 22 heavy (non-hydrogen) atoms.